The molecule has 0 atom stereocenters. The summed E-state index contributed by atoms with van der Waals surface area (Å²) in [7, 11) is 0. The Morgan fingerprint density at radius 2 is 1.97 bits per heavy atom. The quantitative estimate of drug-likeness (QED) is 0.484. The van der Waals surface area contributed by atoms with E-state index in [-0.39, 0.29) is 11.7 Å². The number of nitrogens with one attached hydrogen (secondary N) is 2. The molecule has 2 aromatic heterocycles. The van der Waals surface area contributed by atoms with Crippen molar-refractivity contribution in [1.29, 1.82) is 0 Å². The molecule has 0 spiro atoms. The normalized spacial score (nSPS) is 16.5. The van der Waals surface area contributed by atoms with E-state index in [9.17, 15) is 22.4 Å². The van der Waals surface area contributed by atoms with E-state index in [2.05, 4.69) is 25.5 Å². The number of carbonyl (C=O) groups excluding carboxylic acids is 1. The fourth-order valence-corrected chi connectivity index (χ4v) is 5.12. The van der Waals surface area contributed by atoms with Gasteiger partial charge in [-0.15, -0.1) is 11.3 Å². The number of amides is 1. The van der Waals surface area contributed by atoms with Crippen LogP contribution in [0, 0.1) is 5.82 Å². The third-order valence-electron chi connectivity index (χ3n) is 5.84. The van der Waals surface area contributed by atoms with Crippen molar-refractivity contribution in [3.05, 3.63) is 68.9 Å². The summed E-state index contributed by atoms with van der Waals surface area (Å²) in [6, 6.07) is 2.25. The Kier molecular flexibility index (Phi) is 6.43. The van der Waals surface area contributed by atoms with Gasteiger partial charge in [0.1, 0.15) is 5.82 Å². The summed E-state index contributed by atoms with van der Waals surface area (Å²) in [5.41, 5.74) is 0.851. The van der Waals surface area contributed by atoms with Crippen LogP contribution in [0.5, 0.6) is 0 Å². The number of benzene rings is 1. The smallest absolute Gasteiger partial charge is 0.377 e. The summed E-state index contributed by atoms with van der Waals surface area (Å²) in [6.45, 7) is 3.28. The molecule has 1 aromatic carbocycles. The van der Waals surface area contributed by atoms with Crippen molar-refractivity contribution in [3.63, 3.8) is 0 Å². The molecule has 0 unspecified atom stereocenters. The van der Waals surface area contributed by atoms with Gasteiger partial charge in [-0.1, -0.05) is 0 Å². The van der Waals surface area contributed by atoms with E-state index in [4.69, 9.17) is 4.74 Å². The minimum Gasteiger partial charge on any atom is -0.377 e. The Morgan fingerprint density at radius 3 is 2.66 bits per heavy atom. The van der Waals surface area contributed by atoms with Gasteiger partial charge in [-0.05, 0) is 30.2 Å². The van der Waals surface area contributed by atoms with E-state index in [0.717, 1.165) is 28.1 Å². The van der Waals surface area contributed by atoms with Gasteiger partial charge in [0.2, 0.25) is 5.95 Å². The van der Waals surface area contributed by atoms with Gasteiger partial charge in [0, 0.05) is 53.5 Å². The number of hydrogen-bond acceptors (Lipinski definition) is 7. The van der Waals surface area contributed by atoms with Crippen molar-refractivity contribution >= 4 is 28.9 Å². The second-order valence-electron chi connectivity index (χ2n) is 8.49. The van der Waals surface area contributed by atoms with Crippen LogP contribution in [0.4, 0.5) is 29.2 Å². The summed E-state index contributed by atoms with van der Waals surface area (Å²) >= 11 is 1.42. The molecule has 0 saturated carbocycles. The van der Waals surface area contributed by atoms with E-state index in [1.165, 1.54) is 11.3 Å². The molecular formula is C23H21F4N5O2S. The highest BCUT2D eigenvalue weighted by molar-refractivity contribution is 7.10. The van der Waals surface area contributed by atoms with Gasteiger partial charge in [-0.25, -0.2) is 14.4 Å². The van der Waals surface area contributed by atoms with Crippen molar-refractivity contribution in [3.8, 4) is 0 Å². The van der Waals surface area contributed by atoms with Crippen molar-refractivity contribution < 1.29 is 27.1 Å². The molecule has 7 nitrogen and oxygen atoms in total. The van der Waals surface area contributed by atoms with Gasteiger partial charge in [-0.3, -0.25) is 9.69 Å². The molecule has 35 heavy (non-hydrogen) atoms. The van der Waals surface area contributed by atoms with E-state index < -0.39 is 23.5 Å². The third-order valence-corrected chi connectivity index (χ3v) is 6.85. The van der Waals surface area contributed by atoms with E-state index in [1.54, 1.807) is 17.8 Å². The maximum atomic E-state index is 13.7. The van der Waals surface area contributed by atoms with Crippen LogP contribution >= 0.6 is 11.3 Å². The minimum atomic E-state index is -4.71. The number of aromatic nitrogens is 2. The molecule has 2 N–H and O–H groups in total. The fraction of sp³-hybridized carbons (Fsp3) is 0.348. The zero-order chi connectivity index (χ0) is 24.6. The van der Waals surface area contributed by atoms with Crippen LogP contribution in [-0.2, 0) is 30.4 Å². The second kappa shape index (κ2) is 9.51. The second-order valence-corrected chi connectivity index (χ2v) is 9.45. The number of alkyl halides is 3. The number of rotatable bonds is 6. The van der Waals surface area contributed by atoms with Gasteiger partial charge in [-0.2, -0.15) is 13.2 Å². The molecule has 12 heteroatoms. The summed E-state index contributed by atoms with van der Waals surface area (Å²) in [5, 5.41) is 7.30. The zero-order valence-corrected chi connectivity index (χ0v) is 19.2. The number of halogens is 4. The molecule has 2 aliphatic heterocycles. The maximum absolute atomic E-state index is 13.7. The molecular weight excluding hydrogens is 486 g/mol. The Hall–Kier alpha value is -3.09. The van der Waals surface area contributed by atoms with Crippen molar-refractivity contribution in [2.24, 2.45) is 0 Å². The van der Waals surface area contributed by atoms with Crippen LogP contribution in [0.1, 0.15) is 31.9 Å². The summed E-state index contributed by atoms with van der Waals surface area (Å²) in [6.07, 6.45) is -0.529. The molecule has 0 bridgehead atoms. The minimum absolute atomic E-state index is 0.234. The number of fused-ring (bicyclic) bond motifs is 1. The van der Waals surface area contributed by atoms with Crippen LogP contribution in [0.15, 0.2) is 36.0 Å². The van der Waals surface area contributed by atoms with Crippen molar-refractivity contribution in [1.82, 2.24) is 14.9 Å². The number of carbonyl (C=O) groups is 1. The topological polar surface area (TPSA) is 79.4 Å². The SMILES string of the molecule is O=C(Nc1cc(F)cc(C(F)(F)F)c1)c1csc2c1CCN(Cc1cnc(NC3COC3)nc1)C2. The van der Waals surface area contributed by atoms with Crippen LogP contribution < -0.4 is 10.6 Å². The van der Waals surface area contributed by atoms with Crippen LogP contribution in [0.3, 0.4) is 0 Å². The van der Waals surface area contributed by atoms with Crippen LogP contribution in [0.25, 0.3) is 0 Å². The van der Waals surface area contributed by atoms with E-state index in [0.29, 0.717) is 56.8 Å². The van der Waals surface area contributed by atoms with Gasteiger partial charge >= 0.3 is 6.18 Å². The van der Waals surface area contributed by atoms with Crippen molar-refractivity contribution in [2.45, 2.75) is 31.7 Å². The van der Waals surface area contributed by atoms with Crippen LogP contribution in [-0.4, -0.2) is 46.6 Å². The summed E-state index contributed by atoms with van der Waals surface area (Å²) in [4.78, 5) is 24.7. The monoisotopic (exact) mass is 507 g/mol. The lowest BCUT2D eigenvalue weighted by molar-refractivity contribution is -0.137. The molecule has 0 radical (unpaired) electrons. The lowest BCUT2D eigenvalue weighted by Gasteiger charge is -2.28. The lowest BCUT2D eigenvalue weighted by atomic mass is 10.0. The molecule has 1 fully saturated rings. The van der Waals surface area contributed by atoms with Crippen LogP contribution in [0.2, 0.25) is 0 Å². The molecule has 2 aliphatic rings. The van der Waals surface area contributed by atoms with E-state index >= 15 is 0 Å². The maximum Gasteiger partial charge on any atom is 0.416 e. The summed E-state index contributed by atoms with van der Waals surface area (Å²) in [5.74, 6) is -1.05. The molecule has 1 saturated heterocycles. The molecule has 184 valence electrons. The van der Waals surface area contributed by atoms with Gasteiger partial charge in [0.25, 0.3) is 5.91 Å². The van der Waals surface area contributed by atoms with Gasteiger partial charge in [0.15, 0.2) is 0 Å². The standard InChI is InChI=1S/C23H21F4N5O2S/c24-15-3-14(23(25,26)27)4-16(5-15)30-21(33)19-12-35-20-9-32(2-1-18(19)20)8-13-6-28-22(29-7-13)31-17-10-34-11-17/h3-7,12,17H,1-2,8-11H2,(H,30,33)(H,28,29,31). The lowest BCUT2D eigenvalue weighted by Crippen LogP contribution is -2.40. The largest absolute Gasteiger partial charge is 0.416 e. The Balaban J connectivity index is 1.22. The fourth-order valence-electron chi connectivity index (χ4n) is 4.00. The van der Waals surface area contributed by atoms with E-state index in [1.807, 2.05) is 0 Å². The Bertz CT molecular complexity index is 1230. The first-order valence-corrected chi connectivity index (χ1v) is 11.8. The number of thiophene rings is 1. The molecule has 5 rings (SSSR count). The predicted molar refractivity (Wildman–Crippen MR) is 122 cm³/mol. The first-order valence-electron chi connectivity index (χ1n) is 10.9. The zero-order valence-electron chi connectivity index (χ0n) is 18.4. The highest BCUT2D eigenvalue weighted by Crippen LogP contribution is 2.33. The first kappa shape index (κ1) is 23.6. The molecule has 1 amide bonds. The first-order chi connectivity index (χ1) is 16.7. The predicted octanol–water partition coefficient (Wildman–Crippen LogP) is 4.32. The number of hydrogen-bond donors (Lipinski definition) is 2. The average Bonchev–Trinajstić information content (AvgIpc) is 3.20. The number of ether oxygens (including phenoxy) is 1. The number of anilines is 2. The molecule has 4 heterocycles. The third kappa shape index (κ3) is 5.44. The average molecular weight is 508 g/mol. The molecule has 0 aliphatic carbocycles. The summed E-state index contributed by atoms with van der Waals surface area (Å²) < 4.78 is 57.7. The molecule has 3 aromatic rings. The van der Waals surface area contributed by atoms with Crippen molar-refractivity contribution in [2.75, 3.05) is 30.4 Å². The van der Waals surface area contributed by atoms with Gasteiger partial charge in [0.05, 0.1) is 30.4 Å². The highest BCUT2D eigenvalue weighted by Gasteiger charge is 2.32. The Morgan fingerprint density at radius 1 is 1.20 bits per heavy atom. The highest BCUT2D eigenvalue weighted by atomic mass is 32.1. The van der Waals surface area contributed by atoms with Gasteiger partial charge < -0.3 is 15.4 Å². The Labute approximate surface area is 202 Å². The number of nitrogens with zero attached hydrogens (tertiary/aromatic N) is 3.